The van der Waals surface area contributed by atoms with Crippen molar-refractivity contribution < 1.29 is 14.3 Å². The number of benzene rings is 1. The Morgan fingerprint density at radius 3 is 2.16 bits per heavy atom. The molecule has 2 saturated heterocycles. The molecule has 1 N–H and O–H groups in total. The number of hydrogen-bond acceptors (Lipinski definition) is 4. The predicted molar refractivity (Wildman–Crippen MR) is 121 cm³/mol. The van der Waals surface area contributed by atoms with Crippen LogP contribution in [0.15, 0.2) is 24.3 Å². The SMILES string of the molecule is O=C(CN1CCC(OC2CCCCC2)CC1)NCc1ccc(C(=O)N2CCCC2)cc1. The van der Waals surface area contributed by atoms with E-state index >= 15 is 0 Å². The Morgan fingerprint density at radius 2 is 1.48 bits per heavy atom. The number of piperidine rings is 1. The molecule has 1 aromatic rings. The van der Waals surface area contributed by atoms with Gasteiger partial charge in [0.25, 0.3) is 5.91 Å². The van der Waals surface area contributed by atoms with Crippen molar-refractivity contribution in [2.45, 2.75) is 76.5 Å². The lowest BCUT2D eigenvalue weighted by Crippen LogP contribution is -2.43. The molecule has 170 valence electrons. The summed E-state index contributed by atoms with van der Waals surface area (Å²) in [6, 6.07) is 7.63. The molecule has 2 aliphatic heterocycles. The van der Waals surface area contributed by atoms with Gasteiger partial charge in [0, 0.05) is 38.3 Å². The maximum absolute atomic E-state index is 12.4. The van der Waals surface area contributed by atoms with Crippen LogP contribution < -0.4 is 5.32 Å². The van der Waals surface area contributed by atoms with Crippen LogP contribution in [0.4, 0.5) is 0 Å². The average molecular weight is 428 g/mol. The lowest BCUT2D eigenvalue weighted by Gasteiger charge is -2.34. The monoisotopic (exact) mass is 427 g/mol. The normalized spacial score (nSPS) is 21.4. The molecule has 6 nitrogen and oxygen atoms in total. The van der Waals surface area contributed by atoms with Crippen LogP contribution in [0.3, 0.4) is 0 Å². The highest BCUT2D eigenvalue weighted by Gasteiger charge is 2.25. The molecule has 1 saturated carbocycles. The number of nitrogens with zero attached hydrogens (tertiary/aromatic N) is 2. The van der Waals surface area contributed by atoms with Gasteiger partial charge in [0.1, 0.15) is 0 Å². The first-order valence-corrected chi connectivity index (χ1v) is 12.2. The Labute approximate surface area is 186 Å². The number of amides is 2. The molecule has 3 fully saturated rings. The number of nitrogens with one attached hydrogen (secondary N) is 1. The van der Waals surface area contributed by atoms with E-state index in [1.54, 1.807) is 0 Å². The Hall–Kier alpha value is -1.92. The number of likely N-dealkylation sites (tertiary alicyclic amines) is 2. The van der Waals surface area contributed by atoms with Crippen molar-refractivity contribution in [3.63, 3.8) is 0 Å². The maximum Gasteiger partial charge on any atom is 0.253 e. The summed E-state index contributed by atoms with van der Waals surface area (Å²) in [6.45, 7) is 4.53. The maximum atomic E-state index is 12.4. The molecule has 6 heteroatoms. The van der Waals surface area contributed by atoms with E-state index in [2.05, 4.69) is 10.2 Å². The Bertz CT molecular complexity index is 716. The van der Waals surface area contributed by atoms with E-state index in [1.807, 2.05) is 29.2 Å². The van der Waals surface area contributed by atoms with Gasteiger partial charge >= 0.3 is 0 Å². The minimum absolute atomic E-state index is 0.0591. The van der Waals surface area contributed by atoms with Crippen LogP contribution >= 0.6 is 0 Å². The summed E-state index contributed by atoms with van der Waals surface area (Å²) >= 11 is 0. The fourth-order valence-corrected chi connectivity index (χ4v) is 5.00. The van der Waals surface area contributed by atoms with E-state index in [0.29, 0.717) is 25.3 Å². The van der Waals surface area contributed by atoms with Gasteiger partial charge in [-0.15, -0.1) is 0 Å². The molecule has 1 aliphatic carbocycles. The van der Waals surface area contributed by atoms with Crippen molar-refractivity contribution in [2.75, 3.05) is 32.7 Å². The largest absolute Gasteiger partial charge is 0.375 e. The predicted octanol–water partition coefficient (Wildman–Crippen LogP) is 3.35. The second kappa shape index (κ2) is 11.1. The summed E-state index contributed by atoms with van der Waals surface area (Å²) < 4.78 is 6.30. The highest BCUT2D eigenvalue weighted by atomic mass is 16.5. The Morgan fingerprint density at radius 1 is 0.839 bits per heavy atom. The summed E-state index contributed by atoms with van der Waals surface area (Å²) in [4.78, 5) is 29.0. The van der Waals surface area contributed by atoms with E-state index in [-0.39, 0.29) is 11.8 Å². The zero-order valence-corrected chi connectivity index (χ0v) is 18.7. The van der Waals surface area contributed by atoms with Gasteiger partial charge in [-0.05, 0) is 56.2 Å². The molecule has 4 rings (SSSR count). The van der Waals surface area contributed by atoms with Crippen LogP contribution in [-0.2, 0) is 16.1 Å². The minimum atomic E-state index is 0.0591. The van der Waals surface area contributed by atoms with Crippen LogP contribution in [0.25, 0.3) is 0 Å². The van der Waals surface area contributed by atoms with Gasteiger partial charge in [0.2, 0.25) is 5.91 Å². The van der Waals surface area contributed by atoms with Gasteiger partial charge in [0.15, 0.2) is 0 Å². The highest BCUT2D eigenvalue weighted by molar-refractivity contribution is 5.94. The van der Waals surface area contributed by atoms with Gasteiger partial charge in [-0.3, -0.25) is 14.5 Å². The zero-order valence-electron chi connectivity index (χ0n) is 18.7. The summed E-state index contributed by atoms with van der Waals surface area (Å²) in [6.07, 6.45) is 11.5. The van der Waals surface area contributed by atoms with E-state index < -0.39 is 0 Å². The standard InChI is InChI=1S/C25H37N3O3/c29-24(19-27-16-12-23(13-17-27)31-22-6-2-1-3-7-22)26-18-20-8-10-21(11-9-20)25(30)28-14-4-5-15-28/h8-11,22-23H,1-7,12-19H2,(H,26,29). The molecule has 0 atom stereocenters. The number of carbonyl (C=O) groups is 2. The Balaban J connectivity index is 1.14. The quantitative estimate of drug-likeness (QED) is 0.725. The summed E-state index contributed by atoms with van der Waals surface area (Å²) in [5.74, 6) is 0.174. The lowest BCUT2D eigenvalue weighted by atomic mass is 9.97. The molecule has 0 bridgehead atoms. The van der Waals surface area contributed by atoms with Crippen molar-refractivity contribution in [3.05, 3.63) is 35.4 Å². The van der Waals surface area contributed by atoms with Gasteiger partial charge in [-0.2, -0.15) is 0 Å². The lowest BCUT2D eigenvalue weighted by molar-refractivity contribution is -0.123. The number of carbonyl (C=O) groups excluding carboxylic acids is 2. The third-order valence-corrected chi connectivity index (χ3v) is 6.92. The molecule has 1 aromatic carbocycles. The highest BCUT2D eigenvalue weighted by Crippen LogP contribution is 2.24. The van der Waals surface area contributed by atoms with Crippen molar-refractivity contribution in [1.29, 1.82) is 0 Å². The number of rotatable bonds is 7. The van der Waals surface area contributed by atoms with E-state index in [0.717, 1.165) is 63.0 Å². The number of ether oxygens (including phenoxy) is 1. The van der Waals surface area contributed by atoms with Gasteiger partial charge in [0.05, 0.1) is 18.8 Å². The first kappa shape index (κ1) is 22.3. The summed E-state index contributed by atoms with van der Waals surface area (Å²) in [5.41, 5.74) is 1.75. The fourth-order valence-electron chi connectivity index (χ4n) is 5.00. The van der Waals surface area contributed by atoms with E-state index in [1.165, 1.54) is 32.1 Å². The van der Waals surface area contributed by atoms with Crippen molar-refractivity contribution in [3.8, 4) is 0 Å². The zero-order chi connectivity index (χ0) is 21.5. The van der Waals surface area contributed by atoms with Gasteiger partial charge in [-0.1, -0.05) is 31.4 Å². The molecule has 0 aromatic heterocycles. The average Bonchev–Trinajstić information content (AvgIpc) is 3.35. The molecule has 0 radical (unpaired) electrons. The summed E-state index contributed by atoms with van der Waals surface area (Å²) in [7, 11) is 0. The molecule has 3 aliphatic rings. The molecule has 31 heavy (non-hydrogen) atoms. The van der Waals surface area contributed by atoms with Crippen molar-refractivity contribution in [1.82, 2.24) is 15.1 Å². The van der Waals surface area contributed by atoms with E-state index in [9.17, 15) is 9.59 Å². The van der Waals surface area contributed by atoms with Crippen LogP contribution in [0, 0.1) is 0 Å². The molecular formula is C25H37N3O3. The minimum Gasteiger partial charge on any atom is -0.375 e. The molecule has 0 unspecified atom stereocenters. The van der Waals surface area contributed by atoms with Crippen LogP contribution in [0.2, 0.25) is 0 Å². The second-order valence-corrected chi connectivity index (χ2v) is 9.34. The number of hydrogen-bond donors (Lipinski definition) is 1. The van der Waals surface area contributed by atoms with E-state index in [4.69, 9.17) is 4.74 Å². The Kier molecular flexibility index (Phi) is 7.97. The van der Waals surface area contributed by atoms with Crippen molar-refractivity contribution >= 4 is 11.8 Å². The fraction of sp³-hybridized carbons (Fsp3) is 0.680. The summed E-state index contributed by atoms with van der Waals surface area (Å²) in [5, 5.41) is 3.02. The first-order chi connectivity index (χ1) is 15.2. The second-order valence-electron chi connectivity index (χ2n) is 9.34. The smallest absolute Gasteiger partial charge is 0.253 e. The first-order valence-electron chi connectivity index (χ1n) is 12.2. The van der Waals surface area contributed by atoms with Crippen molar-refractivity contribution in [2.24, 2.45) is 0 Å². The molecule has 2 amide bonds. The third-order valence-electron chi connectivity index (χ3n) is 6.92. The third kappa shape index (κ3) is 6.53. The topological polar surface area (TPSA) is 61.9 Å². The van der Waals surface area contributed by atoms with Crippen LogP contribution in [0.1, 0.15) is 73.7 Å². The van der Waals surface area contributed by atoms with Gasteiger partial charge < -0.3 is 15.0 Å². The molecule has 2 heterocycles. The molecule has 0 spiro atoms. The van der Waals surface area contributed by atoms with Crippen LogP contribution in [-0.4, -0.2) is 66.5 Å². The van der Waals surface area contributed by atoms with Gasteiger partial charge in [-0.25, -0.2) is 0 Å². The molecular weight excluding hydrogens is 390 g/mol. The van der Waals surface area contributed by atoms with Crippen LogP contribution in [0.5, 0.6) is 0 Å².